The van der Waals surface area contributed by atoms with Crippen molar-refractivity contribution >= 4 is 17.8 Å². The second kappa shape index (κ2) is 7.65. The highest BCUT2D eigenvalue weighted by Gasteiger charge is 2.20. The quantitative estimate of drug-likeness (QED) is 0.621. The van der Waals surface area contributed by atoms with Crippen LogP contribution in [0, 0.1) is 5.92 Å². The van der Waals surface area contributed by atoms with Crippen molar-refractivity contribution in [2.75, 3.05) is 19.6 Å². The zero-order valence-electron chi connectivity index (χ0n) is 10.5. The average molecular weight is 244 g/mol. The largest absolute Gasteiger partial charge is 0.481 e. The lowest BCUT2D eigenvalue weighted by molar-refractivity contribution is -0.146. The SMILES string of the molecule is CCN(CC)C(=O)CCNC(=O)C(C)C(=O)O. The molecule has 0 aliphatic rings. The molecule has 0 aromatic heterocycles. The maximum absolute atomic E-state index is 11.5. The Kier molecular flexibility index (Phi) is 6.93. The molecule has 0 bridgehead atoms. The third-order valence-corrected chi connectivity index (χ3v) is 2.52. The van der Waals surface area contributed by atoms with Crippen molar-refractivity contribution in [3.8, 4) is 0 Å². The van der Waals surface area contributed by atoms with Gasteiger partial charge in [-0.15, -0.1) is 0 Å². The minimum atomic E-state index is -1.17. The van der Waals surface area contributed by atoms with Crippen LogP contribution in [0.3, 0.4) is 0 Å². The molecule has 1 atom stereocenters. The molecule has 0 spiro atoms. The summed E-state index contributed by atoms with van der Waals surface area (Å²) >= 11 is 0. The first-order valence-corrected chi connectivity index (χ1v) is 5.72. The molecule has 0 fully saturated rings. The predicted molar refractivity (Wildman–Crippen MR) is 62.4 cm³/mol. The molecule has 0 aliphatic heterocycles. The van der Waals surface area contributed by atoms with Gasteiger partial charge in [-0.3, -0.25) is 14.4 Å². The third-order valence-electron chi connectivity index (χ3n) is 2.52. The van der Waals surface area contributed by atoms with Crippen LogP contribution in [-0.4, -0.2) is 47.4 Å². The van der Waals surface area contributed by atoms with E-state index in [0.29, 0.717) is 13.1 Å². The van der Waals surface area contributed by atoms with Gasteiger partial charge < -0.3 is 15.3 Å². The number of hydrogen-bond donors (Lipinski definition) is 2. The van der Waals surface area contributed by atoms with Crippen LogP contribution in [-0.2, 0) is 14.4 Å². The molecule has 2 N–H and O–H groups in total. The van der Waals surface area contributed by atoms with Gasteiger partial charge in [0.1, 0.15) is 5.92 Å². The Bertz CT molecular complexity index is 287. The van der Waals surface area contributed by atoms with E-state index in [0.717, 1.165) is 0 Å². The summed E-state index contributed by atoms with van der Waals surface area (Å²) < 4.78 is 0. The lowest BCUT2D eigenvalue weighted by Gasteiger charge is -2.18. The van der Waals surface area contributed by atoms with Gasteiger partial charge in [-0.1, -0.05) is 0 Å². The average Bonchev–Trinajstić information content (AvgIpc) is 2.29. The smallest absolute Gasteiger partial charge is 0.315 e. The van der Waals surface area contributed by atoms with E-state index >= 15 is 0 Å². The van der Waals surface area contributed by atoms with Gasteiger partial charge in [0.2, 0.25) is 11.8 Å². The summed E-state index contributed by atoms with van der Waals surface area (Å²) in [6.07, 6.45) is 0.194. The van der Waals surface area contributed by atoms with Crippen LogP contribution in [0.4, 0.5) is 0 Å². The number of nitrogens with one attached hydrogen (secondary N) is 1. The Hall–Kier alpha value is -1.59. The summed E-state index contributed by atoms with van der Waals surface area (Å²) in [4.78, 5) is 35.0. The molecule has 17 heavy (non-hydrogen) atoms. The number of carbonyl (C=O) groups is 3. The molecule has 6 heteroatoms. The van der Waals surface area contributed by atoms with Crippen LogP contribution >= 0.6 is 0 Å². The van der Waals surface area contributed by atoms with E-state index in [1.165, 1.54) is 6.92 Å². The Morgan fingerprint density at radius 2 is 1.76 bits per heavy atom. The zero-order chi connectivity index (χ0) is 13.4. The van der Waals surface area contributed by atoms with E-state index in [1.807, 2.05) is 13.8 Å². The van der Waals surface area contributed by atoms with Crippen LogP contribution < -0.4 is 5.32 Å². The molecule has 6 nitrogen and oxygen atoms in total. The Balaban J connectivity index is 3.95. The maximum atomic E-state index is 11.5. The van der Waals surface area contributed by atoms with Crippen molar-refractivity contribution in [1.82, 2.24) is 10.2 Å². The van der Waals surface area contributed by atoms with Crippen LogP contribution in [0.2, 0.25) is 0 Å². The Labute approximate surface area is 101 Å². The molecule has 0 aromatic carbocycles. The minimum absolute atomic E-state index is 0.0433. The fraction of sp³-hybridized carbons (Fsp3) is 0.727. The number of nitrogens with zero attached hydrogens (tertiary/aromatic N) is 1. The predicted octanol–water partition coefficient (Wildman–Crippen LogP) is 0.0818. The fourth-order valence-corrected chi connectivity index (χ4v) is 1.29. The molecule has 0 aliphatic carbocycles. The van der Waals surface area contributed by atoms with E-state index in [2.05, 4.69) is 5.32 Å². The van der Waals surface area contributed by atoms with Crippen molar-refractivity contribution in [3.05, 3.63) is 0 Å². The van der Waals surface area contributed by atoms with Crippen LogP contribution in [0.25, 0.3) is 0 Å². The number of rotatable bonds is 7. The topological polar surface area (TPSA) is 86.7 Å². The van der Waals surface area contributed by atoms with Crippen molar-refractivity contribution in [3.63, 3.8) is 0 Å². The van der Waals surface area contributed by atoms with E-state index < -0.39 is 17.8 Å². The lowest BCUT2D eigenvalue weighted by Crippen LogP contribution is -2.37. The van der Waals surface area contributed by atoms with E-state index in [-0.39, 0.29) is 18.9 Å². The highest BCUT2D eigenvalue weighted by Crippen LogP contribution is 1.96. The first kappa shape index (κ1) is 15.4. The number of carbonyl (C=O) groups excluding carboxylic acids is 2. The van der Waals surface area contributed by atoms with Gasteiger partial charge in [-0.25, -0.2) is 0 Å². The van der Waals surface area contributed by atoms with E-state index in [4.69, 9.17) is 5.11 Å². The second-order valence-corrected chi connectivity index (χ2v) is 3.67. The molecule has 0 rings (SSSR count). The summed E-state index contributed by atoms with van der Waals surface area (Å²) in [5.74, 6) is -2.86. The molecule has 0 saturated carbocycles. The van der Waals surface area contributed by atoms with E-state index in [9.17, 15) is 14.4 Å². The van der Waals surface area contributed by atoms with Crippen molar-refractivity contribution in [2.45, 2.75) is 27.2 Å². The summed E-state index contributed by atoms with van der Waals surface area (Å²) in [5.41, 5.74) is 0. The standard InChI is InChI=1S/C11H20N2O4/c1-4-13(5-2)9(14)6-7-12-10(15)8(3)11(16)17/h8H,4-7H2,1-3H3,(H,12,15)(H,16,17). The van der Waals surface area contributed by atoms with Gasteiger partial charge in [0.05, 0.1) is 0 Å². The molecule has 1 unspecified atom stereocenters. The van der Waals surface area contributed by atoms with Gasteiger partial charge in [-0.05, 0) is 20.8 Å². The zero-order valence-corrected chi connectivity index (χ0v) is 10.5. The molecule has 0 aromatic rings. The molecular formula is C11H20N2O4. The lowest BCUT2D eigenvalue weighted by atomic mass is 10.1. The molecule has 0 radical (unpaired) electrons. The van der Waals surface area contributed by atoms with Gasteiger partial charge in [0.15, 0.2) is 0 Å². The van der Waals surface area contributed by atoms with Crippen molar-refractivity contribution in [1.29, 1.82) is 0 Å². The van der Waals surface area contributed by atoms with Gasteiger partial charge in [-0.2, -0.15) is 0 Å². The second-order valence-electron chi connectivity index (χ2n) is 3.67. The molecule has 0 heterocycles. The number of aliphatic carboxylic acids is 1. The highest BCUT2D eigenvalue weighted by atomic mass is 16.4. The van der Waals surface area contributed by atoms with Crippen molar-refractivity contribution in [2.24, 2.45) is 5.92 Å². The summed E-state index contributed by atoms with van der Waals surface area (Å²) in [7, 11) is 0. The molecule has 2 amide bonds. The monoisotopic (exact) mass is 244 g/mol. The molecule has 98 valence electrons. The summed E-state index contributed by atoms with van der Waals surface area (Å²) in [6, 6.07) is 0. The molecule has 0 saturated heterocycles. The first-order chi connectivity index (χ1) is 7.93. The number of carboxylic acids is 1. The van der Waals surface area contributed by atoms with Gasteiger partial charge in [0.25, 0.3) is 0 Å². The Morgan fingerprint density at radius 3 is 2.18 bits per heavy atom. The van der Waals surface area contributed by atoms with Gasteiger partial charge in [0, 0.05) is 26.1 Å². The highest BCUT2D eigenvalue weighted by molar-refractivity contribution is 5.96. The summed E-state index contributed by atoms with van der Waals surface area (Å²) in [6.45, 7) is 6.51. The maximum Gasteiger partial charge on any atom is 0.315 e. The van der Waals surface area contributed by atoms with E-state index in [1.54, 1.807) is 4.90 Å². The normalized spacial score (nSPS) is 11.7. The first-order valence-electron chi connectivity index (χ1n) is 5.72. The number of amides is 2. The Morgan fingerprint density at radius 1 is 1.24 bits per heavy atom. The van der Waals surface area contributed by atoms with Crippen LogP contribution in [0.1, 0.15) is 27.2 Å². The summed E-state index contributed by atoms with van der Waals surface area (Å²) in [5, 5.41) is 11.0. The molecular weight excluding hydrogens is 224 g/mol. The van der Waals surface area contributed by atoms with Crippen molar-refractivity contribution < 1.29 is 19.5 Å². The van der Waals surface area contributed by atoms with Gasteiger partial charge >= 0.3 is 5.97 Å². The fourth-order valence-electron chi connectivity index (χ4n) is 1.29. The minimum Gasteiger partial charge on any atom is -0.481 e. The number of hydrogen-bond acceptors (Lipinski definition) is 3. The van der Waals surface area contributed by atoms with Crippen LogP contribution in [0.5, 0.6) is 0 Å². The van der Waals surface area contributed by atoms with Crippen LogP contribution in [0.15, 0.2) is 0 Å². The number of carboxylic acid groups (broad SMARTS) is 1. The third kappa shape index (κ3) is 5.33.